The zero-order valence-electron chi connectivity index (χ0n) is 7.12. The number of isocyanates is 1. The minimum atomic E-state index is 0.711. The largest absolute Gasteiger partial charge is 0.240 e. The SMILES string of the molecule is O=C=Nc1ccc2c(c1)SCCC2. The maximum Gasteiger partial charge on any atom is 0.240 e. The van der Waals surface area contributed by atoms with Crippen LogP contribution in [0.5, 0.6) is 0 Å². The summed E-state index contributed by atoms with van der Waals surface area (Å²) in [4.78, 5) is 14.9. The van der Waals surface area contributed by atoms with Gasteiger partial charge in [-0.25, -0.2) is 4.79 Å². The predicted octanol–water partition coefficient (Wildman–Crippen LogP) is 2.69. The first-order chi connectivity index (χ1) is 6.40. The maximum atomic E-state index is 10.0. The van der Waals surface area contributed by atoms with E-state index in [0.717, 1.165) is 6.42 Å². The predicted molar refractivity (Wildman–Crippen MR) is 53.3 cm³/mol. The number of fused-ring (bicyclic) bond motifs is 1. The van der Waals surface area contributed by atoms with Crippen molar-refractivity contribution in [1.82, 2.24) is 0 Å². The van der Waals surface area contributed by atoms with E-state index in [2.05, 4.69) is 11.1 Å². The molecule has 1 aliphatic rings. The number of nitrogens with zero attached hydrogens (tertiary/aromatic N) is 1. The molecule has 0 saturated carbocycles. The summed E-state index contributed by atoms with van der Waals surface area (Å²) in [5, 5.41) is 0. The van der Waals surface area contributed by atoms with Crippen molar-refractivity contribution in [3.05, 3.63) is 23.8 Å². The van der Waals surface area contributed by atoms with Crippen LogP contribution in [-0.4, -0.2) is 11.8 Å². The third-order valence-corrected chi connectivity index (χ3v) is 3.26. The highest BCUT2D eigenvalue weighted by atomic mass is 32.2. The third-order valence-electron chi connectivity index (χ3n) is 2.07. The summed E-state index contributed by atoms with van der Waals surface area (Å²) in [6, 6.07) is 5.89. The molecule has 2 rings (SSSR count). The minimum absolute atomic E-state index is 0.711. The van der Waals surface area contributed by atoms with E-state index in [0.29, 0.717) is 5.69 Å². The van der Waals surface area contributed by atoms with Gasteiger partial charge in [-0.05, 0) is 36.3 Å². The molecular formula is C10H9NOS. The van der Waals surface area contributed by atoms with Crippen LogP contribution in [0.4, 0.5) is 5.69 Å². The van der Waals surface area contributed by atoms with Crippen LogP contribution in [0.25, 0.3) is 0 Å². The first-order valence-electron chi connectivity index (χ1n) is 4.24. The van der Waals surface area contributed by atoms with E-state index in [1.54, 1.807) is 6.08 Å². The van der Waals surface area contributed by atoms with E-state index in [9.17, 15) is 4.79 Å². The van der Waals surface area contributed by atoms with E-state index in [4.69, 9.17) is 0 Å². The van der Waals surface area contributed by atoms with Crippen LogP contribution in [0, 0.1) is 0 Å². The van der Waals surface area contributed by atoms with Gasteiger partial charge in [-0.1, -0.05) is 6.07 Å². The van der Waals surface area contributed by atoms with Gasteiger partial charge in [-0.2, -0.15) is 4.99 Å². The van der Waals surface area contributed by atoms with Crippen molar-refractivity contribution in [3.63, 3.8) is 0 Å². The number of hydrogen-bond donors (Lipinski definition) is 0. The number of rotatable bonds is 1. The molecule has 66 valence electrons. The standard InChI is InChI=1S/C10H9NOS/c12-7-11-9-4-3-8-2-1-5-13-10(8)6-9/h3-4,6H,1-2,5H2. The van der Waals surface area contributed by atoms with Gasteiger partial charge in [-0.15, -0.1) is 11.8 Å². The summed E-state index contributed by atoms with van der Waals surface area (Å²) < 4.78 is 0. The van der Waals surface area contributed by atoms with Gasteiger partial charge >= 0.3 is 0 Å². The van der Waals surface area contributed by atoms with Crippen molar-refractivity contribution < 1.29 is 4.79 Å². The molecule has 1 aromatic carbocycles. The molecule has 0 N–H and O–H groups in total. The van der Waals surface area contributed by atoms with Crippen LogP contribution in [0.1, 0.15) is 12.0 Å². The van der Waals surface area contributed by atoms with Crippen LogP contribution in [0.2, 0.25) is 0 Å². The van der Waals surface area contributed by atoms with Crippen molar-refractivity contribution in [1.29, 1.82) is 0 Å². The second-order valence-corrected chi connectivity index (χ2v) is 4.08. The van der Waals surface area contributed by atoms with Crippen LogP contribution in [0.3, 0.4) is 0 Å². The van der Waals surface area contributed by atoms with Gasteiger partial charge in [0.05, 0.1) is 5.69 Å². The zero-order valence-corrected chi connectivity index (χ0v) is 7.93. The van der Waals surface area contributed by atoms with Crippen LogP contribution in [0.15, 0.2) is 28.1 Å². The number of hydrogen-bond acceptors (Lipinski definition) is 3. The number of benzene rings is 1. The van der Waals surface area contributed by atoms with Gasteiger partial charge in [0.15, 0.2) is 0 Å². The van der Waals surface area contributed by atoms with Crippen molar-refractivity contribution in [2.75, 3.05) is 5.75 Å². The lowest BCUT2D eigenvalue weighted by atomic mass is 10.1. The number of thioether (sulfide) groups is 1. The summed E-state index contributed by atoms with van der Waals surface area (Å²) in [7, 11) is 0. The Labute approximate surface area is 81.1 Å². The van der Waals surface area contributed by atoms with Gasteiger partial charge in [0.25, 0.3) is 0 Å². The maximum absolute atomic E-state index is 10.0. The molecule has 0 aromatic heterocycles. The Morgan fingerprint density at radius 1 is 1.46 bits per heavy atom. The Morgan fingerprint density at radius 2 is 2.38 bits per heavy atom. The van der Waals surface area contributed by atoms with Crippen LogP contribution >= 0.6 is 11.8 Å². The lowest BCUT2D eigenvalue weighted by Gasteiger charge is -2.14. The van der Waals surface area contributed by atoms with E-state index in [1.165, 1.54) is 22.6 Å². The summed E-state index contributed by atoms with van der Waals surface area (Å²) in [6.07, 6.45) is 3.95. The molecule has 0 fully saturated rings. The molecule has 1 aliphatic heterocycles. The molecule has 0 atom stereocenters. The van der Waals surface area contributed by atoms with Crippen molar-refractivity contribution >= 4 is 23.5 Å². The van der Waals surface area contributed by atoms with Gasteiger partial charge in [0.1, 0.15) is 0 Å². The summed E-state index contributed by atoms with van der Waals surface area (Å²) in [5.41, 5.74) is 2.09. The average Bonchev–Trinajstić information content (AvgIpc) is 2.18. The second-order valence-electron chi connectivity index (χ2n) is 2.95. The minimum Gasteiger partial charge on any atom is -0.211 e. The van der Waals surface area contributed by atoms with E-state index in [1.807, 2.05) is 23.9 Å². The topological polar surface area (TPSA) is 29.4 Å². The normalized spacial score (nSPS) is 14.5. The van der Waals surface area contributed by atoms with Gasteiger partial charge < -0.3 is 0 Å². The Balaban J connectivity index is 2.40. The second kappa shape index (κ2) is 3.77. The van der Waals surface area contributed by atoms with Crippen molar-refractivity contribution in [2.45, 2.75) is 17.7 Å². The fourth-order valence-electron chi connectivity index (χ4n) is 1.45. The Bertz CT molecular complexity index is 369. The molecule has 0 aliphatic carbocycles. The highest BCUT2D eigenvalue weighted by Crippen LogP contribution is 2.32. The van der Waals surface area contributed by atoms with Gasteiger partial charge in [0.2, 0.25) is 6.08 Å². The Hall–Kier alpha value is -1.05. The highest BCUT2D eigenvalue weighted by molar-refractivity contribution is 7.99. The van der Waals surface area contributed by atoms with E-state index in [-0.39, 0.29) is 0 Å². The molecule has 1 aromatic rings. The molecule has 1 heterocycles. The number of aliphatic imine (C=N–C) groups is 1. The molecule has 0 spiro atoms. The number of aryl methyl sites for hydroxylation is 1. The Morgan fingerprint density at radius 3 is 3.23 bits per heavy atom. The van der Waals surface area contributed by atoms with Crippen LogP contribution in [-0.2, 0) is 11.2 Å². The van der Waals surface area contributed by atoms with Gasteiger partial charge in [-0.3, -0.25) is 0 Å². The molecule has 3 heteroatoms. The average molecular weight is 191 g/mol. The number of carbonyl (C=O) groups excluding carboxylic acids is 1. The molecule has 13 heavy (non-hydrogen) atoms. The lowest BCUT2D eigenvalue weighted by molar-refractivity contribution is 0.565. The molecule has 0 amide bonds. The monoisotopic (exact) mass is 191 g/mol. The van der Waals surface area contributed by atoms with E-state index >= 15 is 0 Å². The van der Waals surface area contributed by atoms with Crippen molar-refractivity contribution in [2.24, 2.45) is 4.99 Å². The zero-order chi connectivity index (χ0) is 9.10. The molecule has 0 unspecified atom stereocenters. The Kier molecular flexibility index (Phi) is 2.48. The van der Waals surface area contributed by atoms with Gasteiger partial charge in [0, 0.05) is 4.90 Å². The quantitative estimate of drug-likeness (QED) is 0.504. The summed E-state index contributed by atoms with van der Waals surface area (Å²) in [5.74, 6) is 1.17. The third kappa shape index (κ3) is 1.82. The lowest BCUT2D eigenvalue weighted by Crippen LogP contribution is -1.97. The summed E-state index contributed by atoms with van der Waals surface area (Å²) >= 11 is 1.84. The smallest absolute Gasteiger partial charge is 0.211 e. The molecule has 0 saturated heterocycles. The first-order valence-corrected chi connectivity index (χ1v) is 5.22. The van der Waals surface area contributed by atoms with Crippen molar-refractivity contribution in [3.8, 4) is 0 Å². The first kappa shape index (κ1) is 8.54. The van der Waals surface area contributed by atoms with Crippen LogP contribution < -0.4 is 0 Å². The van der Waals surface area contributed by atoms with E-state index < -0.39 is 0 Å². The fourth-order valence-corrected chi connectivity index (χ4v) is 2.52. The molecule has 2 nitrogen and oxygen atoms in total. The molecule has 0 bridgehead atoms. The highest BCUT2D eigenvalue weighted by Gasteiger charge is 2.09. The molecular weight excluding hydrogens is 182 g/mol. The summed E-state index contributed by atoms with van der Waals surface area (Å²) in [6.45, 7) is 0. The fraction of sp³-hybridized carbons (Fsp3) is 0.300. The molecule has 0 radical (unpaired) electrons.